The van der Waals surface area contributed by atoms with Crippen LogP contribution in [0, 0.1) is 5.92 Å². The number of hydrazine groups is 1. The van der Waals surface area contributed by atoms with Crippen LogP contribution < -0.4 is 16.2 Å². The van der Waals surface area contributed by atoms with Crippen LogP contribution in [0.1, 0.15) is 19.3 Å². The second kappa shape index (κ2) is 5.75. The van der Waals surface area contributed by atoms with Crippen molar-refractivity contribution in [3.8, 4) is 11.4 Å². The van der Waals surface area contributed by atoms with Crippen molar-refractivity contribution in [3.05, 3.63) is 29.8 Å². The second-order valence-corrected chi connectivity index (χ2v) is 6.57. The van der Waals surface area contributed by atoms with Crippen molar-refractivity contribution in [3.63, 3.8) is 0 Å². The van der Waals surface area contributed by atoms with E-state index in [0.717, 1.165) is 24.2 Å². The fourth-order valence-corrected chi connectivity index (χ4v) is 3.98. The zero-order valence-corrected chi connectivity index (χ0v) is 12.8. The summed E-state index contributed by atoms with van der Waals surface area (Å²) in [5, 5.41) is 5.46. The minimum atomic E-state index is -0.172. The Labute approximate surface area is 132 Å². The molecule has 2 aliphatic rings. The standard InChI is InChI=1S/C15H17N5OS/c21-14(13-9-4-3-6-10(9)19-20-13)18-15-17-12(8-22-15)11-5-1-2-7-16-11/h1-2,5,7-10,13,19-20H,3-4,6H2,(H,17,18,21). The number of aromatic nitrogens is 2. The van der Waals surface area contributed by atoms with E-state index >= 15 is 0 Å². The summed E-state index contributed by atoms with van der Waals surface area (Å²) in [5.41, 5.74) is 7.95. The van der Waals surface area contributed by atoms with Crippen molar-refractivity contribution < 1.29 is 4.79 Å². The number of amides is 1. The normalized spacial score (nSPS) is 26.8. The molecule has 0 spiro atoms. The molecule has 4 rings (SSSR count). The van der Waals surface area contributed by atoms with E-state index in [1.165, 1.54) is 17.8 Å². The van der Waals surface area contributed by atoms with Gasteiger partial charge >= 0.3 is 0 Å². The number of nitrogens with one attached hydrogen (secondary N) is 3. The first-order chi connectivity index (χ1) is 10.8. The van der Waals surface area contributed by atoms with Gasteiger partial charge in [0.05, 0.1) is 5.69 Å². The predicted molar refractivity (Wildman–Crippen MR) is 85.2 cm³/mol. The Morgan fingerprint density at radius 3 is 3.09 bits per heavy atom. The molecule has 1 amide bonds. The van der Waals surface area contributed by atoms with Crippen LogP contribution >= 0.6 is 11.3 Å². The number of carbonyl (C=O) groups is 1. The number of fused-ring (bicyclic) bond motifs is 1. The van der Waals surface area contributed by atoms with Crippen LogP contribution in [0.4, 0.5) is 5.13 Å². The molecule has 1 saturated heterocycles. The monoisotopic (exact) mass is 315 g/mol. The second-order valence-electron chi connectivity index (χ2n) is 5.71. The van der Waals surface area contributed by atoms with Crippen molar-refractivity contribution in [2.45, 2.75) is 31.3 Å². The number of anilines is 1. The van der Waals surface area contributed by atoms with Gasteiger partial charge in [0.15, 0.2) is 5.13 Å². The van der Waals surface area contributed by atoms with Gasteiger partial charge in [-0.15, -0.1) is 11.3 Å². The number of pyridine rings is 1. The van der Waals surface area contributed by atoms with E-state index in [1.807, 2.05) is 23.6 Å². The Hall–Kier alpha value is -1.83. The van der Waals surface area contributed by atoms with Gasteiger partial charge in [-0.3, -0.25) is 15.2 Å². The molecule has 114 valence electrons. The molecule has 3 atom stereocenters. The third-order valence-electron chi connectivity index (χ3n) is 4.37. The highest BCUT2D eigenvalue weighted by Crippen LogP contribution is 2.32. The molecule has 6 nitrogen and oxygen atoms in total. The molecule has 0 radical (unpaired) electrons. The molecule has 1 aliphatic carbocycles. The molecule has 3 N–H and O–H groups in total. The van der Waals surface area contributed by atoms with Crippen molar-refractivity contribution in [1.82, 2.24) is 20.8 Å². The lowest BCUT2D eigenvalue weighted by Crippen LogP contribution is -2.42. The molecule has 0 aromatic carbocycles. The Kier molecular flexibility index (Phi) is 3.61. The van der Waals surface area contributed by atoms with E-state index in [2.05, 4.69) is 26.1 Å². The molecule has 1 aliphatic heterocycles. The minimum absolute atomic E-state index is 0.0104. The zero-order valence-electron chi connectivity index (χ0n) is 12.0. The summed E-state index contributed by atoms with van der Waals surface area (Å²) < 4.78 is 0. The number of nitrogens with zero attached hydrogens (tertiary/aromatic N) is 2. The first-order valence-electron chi connectivity index (χ1n) is 7.50. The van der Waals surface area contributed by atoms with Crippen LogP contribution in [0.15, 0.2) is 29.8 Å². The van der Waals surface area contributed by atoms with E-state index < -0.39 is 0 Å². The predicted octanol–water partition coefficient (Wildman–Crippen LogP) is 1.79. The third-order valence-corrected chi connectivity index (χ3v) is 5.12. The molecule has 22 heavy (non-hydrogen) atoms. The Balaban J connectivity index is 1.45. The highest BCUT2D eigenvalue weighted by atomic mass is 32.1. The third kappa shape index (κ3) is 2.51. The van der Waals surface area contributed by atoms with E-state index in [9.17, 15) is 4.79 Å². The Bertz CT molecular complexity index is 674. The van der Waals surface area contributed by atoms with Crippen LogP contribution in [-0.4, -0.2) is 28.0 Å². The number of thiazole rings is 1. The quantitative estimate of drug-likeness (QED) is 0.805. The average molecular weight is 315 g/mol. The maximum atomic E-state index is 12.4. The highest BCUT2D eigenvalue weighted by Gasteiger charge is 2.42. The molecule has 2 aromatic heterocycles. The smallest absolute Gasteiger partial charge is 0.244 e. The van der Waals surface area contributed by atoms with Crippen molar-refractivity contribution >= 4 is 22.4 Å². The molecular formula is C15H17N5OS. The maximum Gasteiger partial charge on any atom is 0.244 e. The zero-order chi connectivity index (χ0) is 14.9. The number of rotatable bonds is 3. The van der Waals surface area contributed by atoms with Gasteiger partial charge < -0.3 is 5.32 Å². The largest absolute Gasteiger partial charge is 0.301 e. The summed E-state index contributed by atoms with van der Waals surface area (Å²) in [6.07, 6.45) is 5.17. The summed E-state index contributed by atoms with van der Waals surface area (Å²) in [7, 11) is 0. The highest BCUT2D eigenvalue weighted by molar-refractivity contribution is 7.14. The SMILES string of the molecule is O=C(Nc1nc(-c2ccccn2)cs1)C1NNC2CCCC21. The Morgan fingerprint density at radius 1 is 1.27 bits per heavy atom. The topological polar surface area (TPSA) is 78.9 Å². The van der Waals surface area contributed by atoms with Crippen LogP contribution in [0.3, 0.4) is 0 Å². The molecule has 7 heteroatoms. The van der Waals surface area contributed by atoms with Gasteiger partial charge in [-0.05, 0) is 25.0 Å². The lowest BCUT2D eigenvalue weighted by atomic mass is 9.97. The number of carbonyl (C=O) groups excluding carboxylic acids is 1. The van der Waals surface area contributed by atoms with E-state index in [-0.39, 0.29) is 11.9 Å². The molecule has 2 aromatic rings. The summed E-state index contributed by atoms with van der Waals surface area (Å²) in [4.78, 5) is 21.2. The molecule has 1 saturated carbocycles. The molecule has 3 heterocycles. The average Bonchev–Trinajstić information content (AvgIpc) is 3.24. The first-order valence-corrected chi connectivity index (χ1v) is 8.38. The van der Waals surface area contributed by atoms with Crippen molar-refractivity contribution in [2.24, 2.45) is 5.92 Å². The summed E-state index contributed by atoms with van der Waals surface area (Å²) in [6, 6.07) is 5.96. The molecule has 2 fully saturated rings. The summed E-state index contributed by atoms with van der Waals surface area (Å²) in [5.74, 6) is 0.374. The number of hydrogen-bond donors (Lipinski definition) is 3. The van der Waals surface area contributed by atoms with Gasteiger partial charge in [0.2, 0.25) is 5.91 Å². The van der Waals surface area contributed by atoms with Crippen LogP contribution in [-0.2, 0) is 4.79 Å². The Morgan fingerprint density at radius 2 is 2.23 bits per heavy atom. The van der Waals surface area contributed by atoms with Crippen LogP contribution in [0.5, 0.6) is 0 Å². The van der Waals surface area contributed by atoms with E-state index in [0.29, 0.717) is 17.1 Å². The van der Waals surface area contributed by atoms with Crippen molar-refractivity contribution in [2.75, 3.05) is 5.32 Å². The number of hydrogen-bond acceptors (Lipinski definition) is 6. The summed E-state index contributed by atoms with van der Waals surface area (Å²) in [6.45, 7) is 0. The lowest BCUT2D eigenvalue weighted by Gasteiger charge is -2.15. The summed E-state index contributed by atoms with van der Waals surface area (Å²) >= 11 is 1.43. The van der Waals surface area contributed by atoms with Gasteiger partial charge in [-0.1, -0.05) is 12.5 Å². The van der Waals surface area contributed by atoms with Crippen LogP contribution in [0.25, 0.3) is 11.4 Å². The fourth-order valence-electron chi connectivity index (χ4n) is 3.28. The van der Waals surface area contributed by atoms with Gasteiger partial charge in [0.25, 0.3) is 0 Å². The van der Waals surface area contributed by atoms with Gasteiger partial charge in [0.1, 0.15) is 11.7 Å². The van der Waals surface area contributed by atoms with Gasteiger partial charge in [-0.25, -0.2) is 10.4 Å². The van der Waals surface area contributed by atoms with Crippen molar-refractivity contribution in [1.29, 1.82) is 0 Å². The maximum absolute atomic E-state index is 12.4. The molecule has 3 unspecified atom stereocenters. The van der Waals surface area contributed by atoms with Crippen LogP contribution in [0.2, 0.25) is 0 Å². The fraction of sp³-hybridized carbons (Fsp3) is 0.400. The van der Waals surface area contributed by atoms with Gasteiger partial charge in [0, 0.05) is 23.5 Å². The molecule has 0 bridgehead atoms. The lowest BCUT2D eigenvalue weighted by molar-refractivity contribution is -0.118. The molecular weight excluding hydrogens is 298 g/mol. The van der Waals surface area contributed by atoms with E-state index in [4.69, 9.17) is 0 Å². The van der Waals surface area contributed by atoms with Gasteiger partial charge in [-0.2, -0.15) is 0 Å². The first kappa shape index (κ1) is 13.8. The van der Waals surface area contributed by atoms with E-state index in [1.54, 1.807) is 6.20 Å². The minimum Gasteiger partial charge on any atom is -0.301 e.